The second-order valence-corrected chi connectivity index (χ2v) is 3.81. The van der Waals surface area contributed by atoms with Crippen LogP contribution in [0.15, 0.2) is 24.7 Å². The van der Waals surface area contributed by atoms with Gasteiger partial charge in [0.2, 0.25) is 5.91 Å². The maximum Gasteiger partial charge on any atom is 0.354 e. The number of aromatic carboxylic acids is 1. The highest BCUT2D eigenvalue weighted by molar-refractivity contribution is 5.91. The Morgan fingerprint density at radius 3 is 2.84 bits per heavy atom. The zero-order chi connectivity index (χ0) is 13.8. The summed E-state index contributed by atoms with van der Waals surface area (Å²) < 4.78 is 2.80. The van der Waals surface area contributed by atoms with E-state index in [0.29, 0.717) is 12.2 Å². The van der Waals surface area contributed by atoms with Gasteiger partial charge in [0.05, 0.1) is 11.9 Å². The lowest BCUT2D eigenvalue weighted by atomic mass is 10.4. The molecule has 8 heteroatoms. The van der Waals surface area contributed by atoms with Crippen molar-refractivity contribution in [1.82, 2.24) is 19.6 Å². The molecule has 0 aliphatic carbocycles. The molecule has 0 atom stereocenters. The zero-order valence-corrected chi connectivity index (χ0v) is 10.3. The fourth-order valence-electron chi connectivity index (χ4n) is 1.58. The summed E-state index contributed by atoms with van der Waals surface area (Å²) in [5.74, 6) is -1.48. The third-order valence-electron chi connectivity index (χ3n) is 2.47. The average molecular weight is 263 g/mol. The largest absolute Gasteiger partial charge is 0.477 e. The van der Waals surface area contributed by atoms with Gasteiger partial charge in [-0.3, -0.25) is 9.48 Å². The summed E-state index contributed by atoms with van der Waals surface area (Å²) in [6.07, 6.45) is 4.56. The Morgan fingerprint density at radius 2 is 2.21 bits per heavy atom. The van der Waals surface area contributed by atoms with Crippen LogP contribution in [0.4, 0.5) is 5.69 Å². The van der Waals surface area contributed by atoms with E-state index < -0.39 is 5.97 Å². The number of carbonyl (C=O) groups is 2. The molecule has 0 aliphatic heterocycles. The van der Waals surface area contributed by atoms with Crippen molar-refractivity contribution < 1.29 is 14.7 Å². The number of aryl methyl sites for hydroxylation is 1. The van der Waals surface area contributed by atoms with E-state index in [9.17, 15) is 9.59 Å². The molecule has 2 N–H and O–H groups in total. The smallest absolute Gasteiger partial charge is 0.354 e. The van der Waals surface area contributed by atoms with E-state index in [4.69, 9.17) is 5.11 Å². The van der Waals surface area contributed by atoms with Gasteiger partial charge < -0.3 is 10.4 Å². The van der Waals surface area contributed by atoms with Crippen molar-refractivity contribution >= 4 is 17.6 Å². The molecular weight excluding hydrogens is 250 g/mol. The van der Waals surface area contributed by atoms with Gasteiger partial charge >= 0.3 is 5.97 Å². The molecule has 2 rings (SSSR count). The Kier molecular flexibility index (Phi) is 3.60. The first-order chi connectivity index (χ1) is 9.10. The molecule has 2 aromatic rings. The minimum absolute atomic E-state index is 0.0283. The number of hydrogen-bond donors (Lipinski definition) is 2. The first kappa shape index (κ1) is 12.8. The summed E-state index contributed by atoms with van der Waals surface area (Å²) in [7, 11) is 0. The summed E-state index contributed by atoms with van der Waals surface area (Å²) in [5.41, 5.74) is 0.537. The van der Waals surface area contributed by atoms with Crippen molar-refractivity contribution in [1.29, 1.82) is 0 Å². The van der Waals surface area contributed by atoms with E-state index in [0.717, 1.165) is 4.68 Å². The first-order valence-corrected chi connectivity index (χ1v) is 5.67. The predicted molar refractivity (Wildman–Crippen MR) is 65.7 cm³/mol. The molecule has 0 saturated carbocycles. The number of hydrogen-bond acceptors (Lipinski definition) is 4. The van der Waals surface area contributed by atoms with E-state index in [1.165, 1.54) is 18.5 Å². The van der Waals surface area contributed by atoms with Crippen LogP contribution >= 0.6 is 0 Å². The lowest BCUT2D eigenvalue weighted by Gasteiger charge is -2.04. The lowest BCUT2D eigenvalue weighted by Crippen LogP contribution is -2.22. The molecule has 0 saturated heterocycles. The molecule has 2 heterocycles. The maximum atomic E-state index is 11.8. The number of carbonyl (C=O) groups excluding carboxylic acids is 1. The van der Waals surface area contributed by atoms with Gasteiger partial charge in [0.15, 0.2) is 0 Å². The SMILES string of the molecule is CCn1cc(NC(=O)Cn2nccc2C(=O)O)cn1. The topological polar surface area (TPSA) is 102 Å². The van der Waals surface area contributed by atoms with Crippen LogP contribution in [-0.4, -0.2) is 36.5 Å². The van der Waals surface area contributed by atoms with Crippen LogP contribution in [0.1, 0.15) is 17.4 Å². The molecule has 0 spiro atoms. The number of rotatable bonds is 5. The Morgan fingerprint density at radius 1 is 1.42 bits per heavy atom. The number of amides is 1. The number of anilines is 1. The van der Waals surface area contributed by atoms with Crippen molar-refractivity contribution in [3.8, 4) is 0 Å². The molecule has 0 aliphatic rings. The molecule has 0 aromatic carbocycles. The monoisotopic (exact) mass is 263 g/mol. The quantitative estimate of drug-likeness (QED) is 0.814. The van der Waals surface area contributed by atoms with Crippen molar-refractivity contribution in [2.75, 3.05) is 5.32 Å². The standard InChI is InChI=1S/C11H13N5O3/c1-2-15-6-8(5-13-15)14-10(17)7-16-9(11(18)19)3-4-12-16/h3-6H,2,7H2,1H3,(H,14,17)(H,18,19). The van der Waals surface area contributed by atoms with Crippen LogP contribution in [0.25, 0.3) is 0 Å². The highest BCUT2D eigenvalue weighted by Crippen LogP contribution is 2.05. The molecule has 0 bridgehead atoms. The van der Waals surface area contributed by atoms with Crippen LogP contribution in [0.5, 0.6) is 0 Å². The Labute approximate surface area is 108 Å². The fourth-order valence-corrected chi connectivity index (χ4v) is 1.58. The maximum absolute atomic E-state index is 11.8. The summed E-state index contributed by atoms with van der Waals surface area (Å²) in [6, 6.07) is 1.34. The van der Waals surface area contributed by atoms with E-state index in [-0.39, 0.29) is 18.1 Å². The Hall–Kier alpha value is -2.64. The van der Waals surface area contributed by atoms with Crippen LogP contribution in [0.3, 0.4) is 0 Å². The van der Waals surface area contributed by atoms with Gasteiger partial charge in [0.25, 0.3) is 0 Å². The molecule has 100 valence electrons. The highest BCUT2D eigenvalue weighted by atomic mass is 16.4. The van der Waals surface area contributed by atoms with Gasteiger partial charge in [0, 0.05) is 18.9 Å². The molecule has 0 unspecified atom stereocenters. The van der Waals surface area contributed by atoms with E-state index in [1.54, 1.807) is 10.9 Å². The molecule has 8 nitrogen and oxygen atoms in total. The normalized spacial score (nSPS) is 10.4. The number of carboxylic acids is 1. The van der Waals surface area contributed by atoms with Gasteiger partial charge in [-0.2, -0.15) is 10.2 Å². The van der Waals surface area contributed by atoms with Crippen molar-refractivity contribution in [2.45, 2.75) is 20.0 Å². The second kappa shape index (κ2) is 5.34. The fraction of sp³-hybridized carbons (Fsp3) is 0.273. The number of aromatic nitrogens is 4. The van der Waals surface area contributed by atoms with Crippen molar-refractivity contribution in [2.24, 2.45) is 0 Å². The summed E-state index contributed by atoms with van der Waals surface area (Å²) in [6.45, 7) is 2.48. The third kappa shape index (κ3) is 2.97. The molecule has 1 amide bonds. The molecule has 0 fully saturated rings. The van der Waals surface area contributed by atoms with Gasteiger partial charge in [-0.15, -0.1) is 0 Å². The minimum atomic E-state index is -1.12. The summed E-state index contributed by atoms with van der Waals surface area (Å²) >= 11 is 0. The highest BCUT2D eigenvalue weighted by Gasteiger charge is 2.13. The third-order valence-corrected chi connectivity index (χ3v) is 2.47. The summed E-state index contributed by atoms with van der Waals surface area (Å²) in [5, 5.41) is 19.3. The van der Waals surface area contributed by atoms with Crippen LogP contribution in [0, 0.1) is 0 Å². The van der Waals surface area contributed by atoms with E-state index in [2.05, 4.69) is 15.5 Å². The average Bonchev–Trinajstić information content (AvgIpc) is 2.97. The van der Waals surface area contributed by atoms with Crippen molar-refractivity contribution in [3.05, 3.63) is 30.4 Å². The Bertz CT molecular complexity index is 601. The molecule has 0 radical (unpaired) electrons. The Balaban J connectivity index is 2.01. The second-order valence-electron chi connectivity index (χ2n) is 3.81. The lowest BCUT2D eigenvalue weighted by molar-refractivity contribution is -0.116. The number of nitrogens with zero attached hydrogens (tertiary/aromatic N) is 4. The number of carboxylic acid groups (broad SMARTS) is 1. The zero-order valence-electron chi connectivity index (χ0n) is 10.3. The molecular formula is C11H13N5O3. The van der Waals surface area contributed by atoms with Crippen LogP contribution in [0.2, 0.25) is 0 Å². The predicted octanol–water partition coefficient (Wildman–Crippen LogP) is 0.436. The van der Waals surface area contributed by atoms with Crippen LogP contribution < -0.4 is 5.32 Å². The van der Waals surface area contributed by atoms with Gasteiger partial charge in [-0.05, 0) is 13.0 Å². The van der Waals surface area contributed by atoms with Gasteiger partial charge in [0.1, 0.15) is 12.2 Å². The van der Waals surface area contributed by atoms with Crippen LogP contribution in [-0.2, 0) is 17.9 Å². The van der Waals surface area contributed by atoms with Gasteiger partial charge in [-0.1, -0.05) is 0 Å². The summed E-state index contributed by atoms with van der Waals surface area (Å²) in [4.78, 5) is 22.6. The van der Waals surface area contributed by atoms with Crippen molar-refractivity contribution in [3.63, 3.8) is 0 Å². The molecule has 19 heavy (non-hydrogen) atoms. The molecule has 2 aromatic heterocycles. The van der Waals surface area contributed by atoms with E-state index in [1.807, 2.05) is 6.92 Å². The number of nitrogens with one attached hydrogen (secondary N) is 1. The first-order valence-electron chi connectivity index (χ1n) is 5.67. The van der Waals surface area contributed by atoms with E-state index >= 15 is 0 Å². The van der Waals surface area contributed by atoms with Gasteiger partial charge in [-0.25, -0.2) is 9.48 Å². The minimum Gasteiger partial charge on any atom is -0.477 e.